The highest BCUT2D eigenvalue weighted by molar-refractivity contribution is 4.88. The van der Waals surface area contributed by atoms with Crippen molar-refractivity contribution in [2.75, 3.05) is 13.6 Å². The van der Waals surface area contributed by atoms with Gasteiger partial charge in [0.05, 0.1) is 6.54 Å². The molecule has 0 aliphatic heterocycles. The van der Waals surface area contributed by atoms with Gasteiger partial charge in [-0.25, -0.2) is 0 Å². The molecule has 0 saturated carbocycles. The van der Waals surface area contributed by atoms with Crippen LogP contribution in [-0.2, 0) is 0 Å². The summed E-state index contributed by atoms with van der Waals surface area (Å²) >= 11 is 0. The minimum atomic E-state index is 0.632. The summed E-state index contributed by atoms with van der Waals surface area (Å²) in [6.07, 6.45) is 10.5. The Hall–Kier alpha value is -0.480. The van der Waals surface area contributed by atoms with Crippen molar-refractivity contribution in [3.05, 3.63) is 0 Å². The number of unbranched alkanes of at least 4 members (excludes halogenated alkanes) is 2. The number of hydrogen-bond acceptors (Lipinski definition) is 1. The maximum atomic E-state index is 5.23. The van der Waals surface area contributed by atoms with Crippen LogP contribution in [0.25, 0.3) is 0 Å². The lowest BCUT2D eigenvalue weighted by molar-refractivity contribution is 0.269. The predicted octanol–water partition coefficient (Wildman–Crippen LogP) is 2.52. The fourth-order valence-corrected chi connectivity index (χ4v) is 1.21. The molecule has 0 bridgehead atoms. The number of hydrogen-bond donors (Lipinski definition) is 0. The Morgan fingerprint density at radius 3 is 2.58 bits per heavy atom. The van der Waals surface area contributed by atoms with Crippen LogP contribution in [0.3, 0.4) is 0 Å². The maximum absolute atomic E-state index is 5.23. The van der Waals surface area contributed by atoms with E-state index in [0.717, 1.165) is 6.54 Å². The van der Waals surface area contributed by atoms with E-state index in [1.807, 2.05) is 0 Å². The van der Waals surface area contributed by atoms with E-state index in [9.17, 15) is 0 Å². The molecule has 1 nitrogen and oxygen atoms in total. The smallest absolute Gasteiger partial charge is 0.0598 e. The van der Waals surface area contributed by atoms with Crippen molar-refractivity contribution in [3.63, 3.8) is 0 Å². The molecule has 12 heavy (non-hydrogen) atoms. The Bertz CT molecular complexity index is 134. The third kappa shape index (κ3) is 5.21. The average molecular weight is 167 g/mol. The Labute approximate surface area is 77.1 Å². The average Bonchev–Trinajstić information content (AvgIpc) is 2.05. The molecule has 0 rings (SSSR count). The first-order chi connectivity index (χ1) is 5.72. The third-order valence-electron chi connectivity index (χ3n) is 2.32. The first kappa shape index (κ1) is 11.5. The van der Waals surface area contributed by atoms with Gasteiger partial charge < -0.3 is 0 Å². The predicted molar refractivity (Wildman–Crippen MR) is 55.1 cm³/mol. The van der Waals surface area contributed by atoms with E-state index in [4.69, 9.17) is 6.42 Å². The van der Waals surface area contributed by atoms with Crippen molar-refractivity contribution in [3.8, 4) is 12.3 Å². The molecular weight excluding hydrogens is 146 g/mol. The molecule has 0 fully saturated rings. The second-order valence-electron chi connectivity index (χ2n) is 3.46. The Kier molecular flexibility index (Phi) is 6.90. The van der Waals surface area contributed by atoms with Gasteiger partial charge in [-0.15, -0.1) is 6.42 Å². The van der Waals surface area contributed by atoms with E-state index in [1.165, 1.54) is 25.7 Å². The molecule has 0 amide bonds. The van der Waals surface area contributed by atoms with Gasteiger partial charge in [-0.05, 0) is 20.4 Å². The van der Waals surface area contributed by atoms with Crippen LogP contribution in [0.2, 0.25) is 0 Å². The van der Waals surface area contributed by atoms with Gasteiger partial charge in [0.15, 0.2) is 0 Å². The number of nitrogens with zero attached hydrogens (tertiary/aromatic N) is 1. The van der Waals surface area contributed by atoms with E-state index in [-0.39, 0.29) is 0 Å². The minimum Gasteiger partial charge on any atom is -0.293 e. The normalized spacial score (nSPS) is 12.9. The van der Waals surface area contributed by atoms with Crippen LogP contribution in [0.15, 0.2) is 0 Å². The Balaban J connectivity index is 3.43. The maximum Gasteiger partial charge on any atom is 0.0598 e. The molecule has 1 heteroatoms. The number of rotatable bonds is 6. The Morgan fingerprint density at radius 1 is 1.42 bits per heavy atom. The lowest BCUT2D eigenvalue weighted by Gasteiger charge is -2.22. The molecule has 0 radical (unpaired) electrons. The summed E-state index contributed by atoms with van der Waals surface area (Å²) in [6.45, 7) is 5.25. The zero-order chi connectivity index (χ0) is 9.40. The van der Waals surface area contributed by atoms with E-state index < -0.39 is 0 Å². The molecule has 0 unspecified atom stereocenters. The molecule has 70 valence electrons. The van der Waals surface area contributed by atoms with Crippen molar-refractivity contribution in [1.29, 1.82) is 0 Å². The van der Waals surface area contributed by atoms with Crippen molar-refractivity contribution in [2.45, 2.75) is 45.6 Å². The van der Waals surface area contributed by atoms with Gasteiger partial charge in [-0.2, -0.15) is 0 Å². The van der Waals surface area contributed by atoms with Crippen LogP contribution < -0.4 is 0 Å². The SMILES string of the molecule is C#CCN(C)[C@@H](C)CCCCC. The quantitative estimate of drug-likeness (QED) is 0.434. The van der Waals surface area contributed by atoms with Crippen LogP contribution in [0.5, 0.6) is 0 Å². The van der Waals surface area contributed by atoms with Crippen LogP contribution in [0.4, 0.5) is 0 Å². The zero-order valence-corrected chi connectivity index (χ0v) is 8.64. The molecule has 0 aliphatic rings. The fraction of sp³-hybridized carbons (Fsp3) is 0.818. The first-order valence-electron chi connectivity index (χ1n) is 4.86. The largest absolute Gasteiger partial charge is 0.293 e. The molecule has 0 N–H and O–H groups in total. The number of terminal acetylenes is 1. The van der Waals surface area contributed by atoms with Crippen molar-refractivity contribution >= 4 is 0 Å². The molecule has 0 aromatic heterocycles. The summed E-state index contributed by atoms with van der Waals surface area (Å²) < 4.78 is 0. The van der Waals surface area contributed by atoms with Crippen LogP contribution in [0.1, 0.15) is 39.5 Å². The monoisotopic (exact) mass is 167 g/mol. The van der Waals surface area contributed by atoms with Gasteiger partial charge in [0, 0.05) is 6.04 Å². The second kappa shape index (κ2) is 7.18. The lowest BCUT2D eigenvalue weighted by Crippen LogP contribution is -2.29. The summed E-state index contributed by atoms with van der Waals surface area (Å²) in [5, 5.41) is 0. The molecular formula is C11H21N. The van der Waals surface area contributed by atoms with E-state index in [1.54, 1.807) is 0 Å². The Morgan fingerprint density at radius 2 is 2.08 bits per heavy atom. The van der Waals surface area contributed by atoms with Crippen molar-refractivity contribution in [1.82, 2.24) is 4.90 Å². The highest BCUT2D eigenvalue weighted by Gasteiger charge is 2.05. The van der Waals surface area contributed by atoms with Crippen LogP contribution in [-0.4, -0.2) is 24.5 Å². The van der Waals surface area contributed by atoms with Crippen LogP contribution >= 0.6 is 0 Å². The fourth-order valence-electron chi connectivity index (χ4n) is 1.21. The second-order valence-corrected chi connectivity index (χ2v) is 3.46. The topological polar surface area (TPSA) is 3.24 Å². The highest BCUT2D eigenvalue weighted by atomic mass is 15.1. The van der Waals surface area contributed by atoms with Gasteiger partial charge in [0.1, 0.15) is 0 Å². The molecule has 1 atom stereocenters. The summed E-state index contributed by atoms with van der Waals surface area (Å²) in [5.74, 6) is 2.66. The van der Waals surface area contributed by atoms with Gasteiger partial charge in [0.2, 0.25) is 0 Å². The van der Waals surface area contributed by atoms with Gasteiger partial charge in [-0.3, -0.25) is 4.90 Å². The zero-order valence-electron chi connectivity index (χ0n) is 8.64. The minimum absolute atomic E-state index is 0.632. The third-order valence-corrected chi connectivity index (χ3v) is 2.32. The summed E-state index contributed by atoms with van der Waals surface area (Å²) in [4.78, 5) is 2.23. The molecule has 0 aromatic carbocycles. The van der Waals surface area contributed by atoms with E-state index in [0.29, 0.717) is 6.04 Å². The van der Waals surface area contributed by atoms with Crippen molar-refractivity contribution < 1.29 is 0 Å². The molecule has 0 aliphatic carbocycles. The highest BCUT2D eigenvalue weighted by Crippen LogP contribution is 2.07. The molecule has 0 saturated heterocycles. The molecule has 0 spiro atoms. The molecule has 0 heterocycles. The van der Waals surface area contributed by atoms with Crippen LogP contribution in [0, 0.1) is 12.3 Å². The van der Waals surface area contributed by atoms with Crippen molar-refractivity contribution in [2.24, 2.45) is 0 Å². The van der Waals surface area contributed by atoms with E-state index in [2.05, 4.69) is 31.7 Å². The van der Waals surface area contributed by atoms with Gasteiger partial charge in [0.25, 0.3) is 0 Å². The van der Waals surface area contributed by atoms with Gasteiger partial charge >= 0.3 is 0 Å². The lowest BCUT2D eigenvalue weighted by atomic mass is 10.1. The van der Waals surface area contributed by atoms with Gasteiger partial charge in [-0.1, -0.05) is 32.1 Å². The summed E-state index contributed by atoms with van der Waals surface area (Å²) in [5.41, 5.74) is 0. The summed E-state index contributed by atoms with van der Waals surface area (Å²) in [7, 11) is 2.09. The standard InChI is InChI=1S/C11H21N/c1-5-7-8-9-11(3)12(4)10-6-2/h2,11H,5,7-10H2,1,3-4H3/t11-/m0/s1. The first-order valence-corrected chi connectivity index (χ1v) is 4.86. The summed E-state index contributed by atoms with van der Waals surface area (Å²) in [6, 6.07) is 0.632. The molecule has 0 aromatic rings. The van der Waals surface area contributed by atoms with E-state index >= 15 is 0 Å².